The van der Waals surface area contributed by atoms with Crippen molar-refractivity contribution in [3.63, 3.8) is 0 Å². The van der Waals surface area contributed by atoms with Crippen molar-refractivity contribution in [1.29, 1.82) is 0 Å². The van der Waals surface area contributed by atoms with Gasteiger partial charge in [-0.05, 0) is 18.1 Å². The molecule has 0 heterocycles. The Morgan fingerprint density at radius 2 is 2.16 bits per heavy atom. The molecule has 1 atom stereocenters. The molecule has 0 fully saturated rings. The first-order valence-corrected chi connectivity index (χ1v) is 6.00. The van der Waals surface area contributed by atoms with Gasteiger partial charge in [-0.3, -0.25) is 4.99 Å². The largest absolute Gasteiger partial charge is 0.497 e. The highest BCUT2D eigenvalue weighted by Gasteiger charge is 2.06. The average Bonchev–Trinajstić information content (AvgIpc) is 2.44. The van der Waals surface area contributed by atoms with Gasteiger partial charge in [0.2, 0.25) is 0 Å². The van der Waals surface area contributed by atoms with Crippen LogP contribution in [0.2, 0.25) is 0 Å². The molecule has 0 aliphatic carbocycles. The Bertz CT molecular complexity index is 435. The Kier molecular flexibility index (Phi) is 5.95. The van der Waals surface area contributed by atoms with Crippen LogP contribution >= 0.6 is 0 Å². The van der Waals surface area contributed by atoms with E-state index in [1.807, 2.05) is 6.92 Å². The zero-order valence-electron chi connectivity index (χ0n) is 11.5. The zero-order valence-corrected chi connectivity index (χ0v) is 11.5. The molecule has 6 heteroatoms. The van der Waals surface area contributed by atoms with Gasteiger partial charge in [0.05, 0.1) is 19.9 Å². The summed E-state index contributed by atoms with van der Waals surface area (Å²) in [4.78, 5) is 4.15. The highest BCUT2D eigenvalue weighted by Crippen LogP contribution is 2.28. The lowest BCUT2D eigenvalue weighted by Crippen LogP contribution is -2.24. The second kappa shape index (κ2) is 7.48. The number of anilines is 1. The normalized spacial score (nSPS) is 12.9. The number of benzene rings is 1. The molecule has 1 unspecified atom stereocenters. The molecule has 4 N–H and O–H groups in total. The molecular weight excluding hydrogens is 246 g/mol. The summed E-state index contributed by atoms with van der Waals surface area (Å²) in [5.41, 5.74) is 6.47. The van der Waals surface area contributed by atoms with Crippen molar-refractivity contribution < 1.29 is 14.6 Å². The van der Waals surface area contributed by atoms with Crippen molar-refractivity contribution in [3.05, 3.63) is 18.2 Å². The highest BCUT2D eigenvalue weighted by atomic mass is 16.5. The minimum atomic E-state index is 0.0764. The summed E-state index contributed by atoms with van der Waals surface area (Å²) in [6.45, 7) is 2.43. The van der Waals surface area contributed by atoms with Crippen LogP contribution in [0, 0.1) is 5.92 Å². The Morgan fingerprint density at radius 3 is 2.74 bits per heavy atom. The van der Waals surface area contributed by atoms with Crippen LogP contribution in [0.15, 0.2) is 23.2 Å². The number of methoxy groups -OCH3 is 2. The fourth-order valence-electron chi connectivity index (χ4n) is 1.40. The molecule has 0 saturated heterocycles. The van der Waals surface area contributed by atoms with Gasteiger partial charge in [-0.1, -0.05) is 6.92 Å². The number of aliphatic imine (C=N–C) groups is 1. The van der Waals surface area contributed by atoms with Crippen LogP contribution < -0.4 is 20.5 Å². The zero-order chi connectivity index (χ0) is 14.3. The van der Waals surface area contributed by atoms with Crippen molar-refractivity contribution in [2.45, 2.75) is 6.92 Å². The lowest BCUT2D eigenvalue weighted by atomic mass is 10.2. The molecule has 19 heavy (non-hydrogen) atoms. The van der Waals surface area contributed by atoms with E-state index < -0.39 is 0 Å². The molecule has 106 valence electrons. The third-order valence-corrected chi connectivity index (χ3v) is 2.55. The smallest absolute Gasteiger partial charge is 0.193 e. The minimum absolute atomic E-state index is 0.0764. The maximum atomic E-state index is 8.92. The van der Waals surface area contributed by atoms with Crippen LogP contribution in [0.3, 0.4) is 0 Å². The van der Waals surface area contributed by atoms with E-state index >= 15 is 0 Å². The number of aliphatic hydroxyl groups is 1. The van der Waals surface area contributed by atoms with E-state index in [2.05, 4.69) is 10.3 Å². The van der Waals surface area contributed by atoms with Gasteiger partial charge in [0, 0.05) is 19.2 Å². The summed E-state index contributed by atoms with van der Waals surface area (Å²) < 4.78 is 10.4. The van der Waals surface area contributed by atoms with Gasteiger partial charge in [-0.15, -0.1) is 0 Å². The maximum Gasteiger partial charge on any atom is 0.193 e. The Hall–Kier alpha value is -1.95. The molecule has 0 saturated carbocycles. The van der Waals surface area contributed by atoms with Crippen LogP contribution in [0.5, 0.6) is 11.5 Å². The summed E-state index contributed by atoms with van der Waals surface area (Å²) >= 11 is 0. The van der Waals surface area contributed by atoms with Gasteiger partial charge in [0.15, 0.2) is 5.96 Å². The number of guanidine groups is 1. The van der Waals surface area contributed by atoms with Crippen molar-refractivity contribution in [3.8, 4) is 11.5 Å². The molecule has 0 radical (unpaired) electrons. The van der Waals surface area contributed by atoms with Crippen molar-refractivity contribution in [1.82, 2.24) is 0 Å². The predicted octanol–water partition coefficient (Wildman–Crippen LogP) is 1.06. The van der Waals surface area contributed by atoms with Gasteiger partial charge in [0.25, 0.3) is 0 Å². The molecular formula is C13H21N3O3. The fourth-order valence-corrected chi connectivity index (χ4v) is 1.40. The molecule has 1 aromatic rings. The molecule has 1 aromatic carbocycles. The first-order valence-electron chi connectivity index (χ1n) is 6.00. The number of hydrogen-bond acceptors (Lipinski definition) is 4. The Balaban J connectivity index is 2.79. The first-order chi connectivity index (χ1) is 9.10. The SMILES string of the molecule is COc1ccc(OC)c(NC(N)=NCC(C)CO)c1. The number of ether oxygens (including phenoxy) is 2. The third-order valence-electron chi connectivity index (χ3n) is 2.55. The molecule has 0 amide bonds. The van der Waals surface area contributed by atoms with Crippen LogP contribution in [0.25, 0.3) is 0 Å². The number of hydrogen-bond donors (Lipinski definition) is 3. The summed E-state index contributed by atoms with van der Waals surface area (Å²) in [5, 5.41) is 11.9. The standard InChI is InChI=1S/C13H21N3O3/c1-9(8-17)7-15-13(14)16-11-6-10(18-2)4-5-12(11)19-3/h4-6,9,17H,7-8H2,1-3H3,(H3,14,15,16). The van der Waals surface area contributed by atoms with Gasteiger partial charge < -0.3 is 25.6 Å². The molecule has 0 aliphatic heterocycles. The van der Waals surface area contributed by atoms with Crippen LogP contribution in [0.1, 0.15) is 6.92 Å². The highest BCUT2D eigenvalue weighted by molar-refractivity contribution is 5.94. The van der Waals surface area contributed by atoms with E-state index in [1.165, 1.54) is 0 Å². The van der Waals surface area contributed by atoms with Gasteiger partial charge in [-0.25, -0.2) is 0 Å². The predicted molar refractivity (Wildman–Crippen MR) is 75.9 cm³/mol. The number of nitrogens with zero attached hydrogens (tertiary/aromatic N) is 1. The van der Waals surface area contributed by atoms with Crippen molar-refractivity contribution in [2.75, 3.05) is 32.7 Å². The van der Waals surface area contributed by atoms with Gasteiger partial charge in [-0.2, -0.15) is 0 Å². The lowest BCUT2D eigenvalue weighted by molar-refractivity contribution is 0.242. The third kappa shape index (κ3) is 4.67. The number of aliphatic hydroxyl groups excluding tert-OH is 1. The van der Waals surface area contributed by atoms with E-state index in [1.54, 1.807) is 32.4 Å². The quantitative estimate of drug-likeness (QED) is 0.530. The van der Waals surface area contributed by atoms with Crippen molar-refractivity contribution in [2.24, 2.45) is 16.6 Å². The second-order valence-electron chi connectivity index (χ2n) is 4.20. The summed E-state index contributed by atoms with van der Waals surface area (Å²) in [5.74, 6) is 1.69. The molecule has 0 bridgehead atoms. The molecule has 0 aromatic heterocycles. The average molecular weight is 267 g/mol. The lowest BCUT2D eigenvalue weighted by Gasteiger charge is -2.12. The minimum Gasteiger partial charge on any atom is -0.497 e. The number of nitrogens with two attached hydrogens (primary N) is 1. The molecule has 0 aliphatic rings. The molecule has 1 rings (SSSR count). The summed E-state index contributed by atoms with van der Waals surface area (Å²) in [6, 6.07) is 5.35. The maximum absolute atomic E-state index is 8.92. The van der Waals surface area contributed by atoms with Gasteiger partial charge >= 0.3 is 0 Å². The van der Waals surface area contributed by atoms with Crippen LogP contribution in [-0.4, -0.2) is 38.4 Å². The van der Waals surface area contributed by atoms with Crippen molar-refractivity contribution >= 4 is 11.6 Å². The Labute approximate surface area is 113 Å². The second-order valence-corrected chi connectivity index (χ2v) is 4.20. The van der Waals surface area contributed by atoms with Crippen LogP contribution in [-0.2, 0) is 0 Å². The molecule has 0 spiro atoms. The van der Waals surface area contributed by atoms with E-state index in [4.69, 9.17) is 20.3 Å². The number of nitrogens with one attached hydrogen (secondary N) is 1. The number of rotatable bonds is 6. The monoisotopic (exact) mass is 267 g/mol. The topological polar surface area (TPSA) is 89.1 Å². The van der Waals surface area contributed by atoms with E-state index in [-0.39, 0.29) is 18.5 Å². The summed E-state index contributed by atoms with van der Waals surface area (Å²) in [6.07, 6.45) is 0. The van der Waals surface area contributed by atoms with Gasteiger partial charge in [0.1, 0.15) is 11.5 Å². The fraction of sp³-hybridized carbons (Fsp3) is 0.462. The van der Waals surface area contributed by atoms with E-state index in [0.29, 0.717) is 23.7 Å². The Morgan fingerprint density at radius 1 is 1.42 bits per heavy atom. The van der Waals surface area contributed by atoms with E-state index in [9.17, 15) is 0 Å². The van der Waals surface area contributed by atoms with E-state index in [0.717, 1.165) is 0 Å². The van der Waals surface area contributed by atoms with Crippen LogP contribution in [0.4, 0.5) is 5.69 Å². The summed E-state index contributed by atoms with van der Waals surface area (Å²) in [7, 11) is 3.17. The molecule has 6 nitrogen and oxygen atoms in total. The first kappa shape index (κ1) is 15.1.